The summed E-state index contributed by atoms with van der Waals surface area (Å²) in [5, 5.41) is 3.12. The Kier molecular flexibility index (Phi) is 5.04. The van der Waals surface area contributed by atoms with E-state index in [1.54, 1.807) is 0 Å². The molecule has 0 aromatic carbocycles. The van der Waals surface area contributed by atoms with Gasteiger partial charge in [-0.2, -0.15) is 0 Å². The maximum atomic E-state index is 5.39. The van der Waals surface area contributed by atoms with Crippen LogP contribution in [0.2, 0.25) is 0 Å². The van der Waals surface area contributed by atoms with Crippen LogP contribution >= 0.6 is 0 Å². The van der Waals surface area contributed by atoms with E-state index in [0.29, 0.717) is 18.4 Å². The predicted molar refractivity (Wildman–Crippen MR) is 62.7 cm³/mol. The first-order valence-electron chi connectivity index (χ1n) is 5.47. The maximum Gasteiger partial charge on any atom is 0.222 e. The van der Waals surface area contributed by atoms with E-state index in [0.717, 1.165) is 19.4 Å². The quantitative estimate of drug-likeness (QED) is 0.694. The van der Waals surface area contributed by atoms with Crippen molar-refractivity contribution in [3.8, 4) is 0 Å². The van der Waals surface area contributed by atoms with E-state index >= 15 is 0 Å². The van der Waals surface area contributed by atoms with Gasteiger partial charge in [0.1, 0.15) is 0 Å². The summed E-state index contributed by atoms with van der Waals surface area (Å²) < 4.78 is 0. The third-order valence-electron chi connectivity index (χ3n) is 2.01. The van der Waals surface area contributed by atoms with Crippen molar-refractivity contribution in [1.82, 2.24) is 9.97 Å². The Morgan fingerprint density at radius 1 is 1.33 bits per heavy atom. The SMILES string of the molecule is CC(C)Cc1cnc(NCCCN)nc1. The molecule has 1 heterocycles. The average Bonchev–Trinajstić information content (AvgIpc) is 2.20. The fourth-order valence-electron chi connectivity index (χ4n) is 1.33. The van der Waals surface area contributed by atoms with Gasteiger partial charge in [0, 0.05) is 18.9 Å². The molecule has 4 heteroatoms. The number of rotatable bonds is 6. The predicted octanol–water partition coefficient (Wildman–Crippen LogP) is 1.44. The minimum absolute atomic E-state index is 0.643. The summed E-state index contributed by atoms with van der Waals surface area (Å²) in [5.74, 6) is 1.33. The lowest BCUT2D eigenvalue weighted by molar-refractivity contribution is 0.643. The zero-order valence-corrected chi connectivity index (χ0v) is 9.53. The fourth-order valence-corrected chi connectivity index (χ4v) is 1.33. The van der Waals surface area contributed by atoms with Crippen LogP contribution in [0, 0.1) is 5.92 Å². The molecule has 3 N–H and O–H groups in total. The van der Waals surface area contributed by atoms with Crippen molar-refractivity contribution in [2.75, 3.05) is 18.4 Å². The lowest BCUT2D eigenvalue weighted by Crippen LogP contribution is -2.10. The van der Waals surface area contributed by atoms with Gasteiger partial charge in [0.25, 0.3) is 0 Å². The second-order valence-electron chi connectivity index (χ2n) is 4.08. The lowest BCUT2D eigenvalue weighted by Gasteiger charge is -2.06. The Balaban J connectivity index is 2.42. The molecule has 0 spiro atoms. The molecule has 84 valence electrons. The molecule has 0 aliphatic rings. The molecule has 15 heavy (non-hydrogen) atoms. The summed E-state index contributed by atoms with van der Waals surface area (Å²) >= 11 is 0. The molecule has 0 aliphatic carbocycles. The third kappa shape index (κ3) is 4.74. The standard InChI is InChI=1S/C11H20N4/c1-9(2)6-10-7-14-11(15-8-10)13-5-3-4-12/h7-9H,3-6,12H2,1-2H3,(H,13,14,15). The lowest BCUT2D eigenvalue weighted by atomic mass is 10.1. The molecule has 0 radical (unpaired) electrons. The molecule has 0 amide bonds. The number of hydrogen-bond acceptors (Lipinski definition) is 4. The number of aromatic nitrogens is 2. The van der Waals surface area contributed by atoms with Crippen LogP contribution in [0.1, 0.15) is 25.8 Å². The summed E-state index contributed by atoms with van der Waals surface area (Å²) in [6.45, 7) is 5.90. The molecule has 0 bridgehead atoms. The molecular formula is C11H20N4. The second kappa shape index (κ2) is 6.35. The number of anilines is 1. The van der Waals surface area contributed by atoms with E-state index in [1.807, 2.05) is 12.4 Å². The van der Waals surface area contributed by atoms with Crippen LogP contribution in [0.25, 0.3) is 0 Å². The van der Waals surface area contributed by atoms with Crippen LogP contribution < -0.4 is 11.1 Å². The minimum Gasteiger partial charge on any atom is -0.354 e. The van der Waals surface area contributed by atoms with Crippen molar-refractivity contribution in [3.63, 3.8) is 0 Å². The third-order valence-corrected chi connectivity index (χ3v) is 2.01. The Hall–Kier alpha value is -1.16. The highest BCUT2D eigenvalue weighted by Gasteiger charge is 1.99. The van der Waals surface area contributed by atoms with Crippen molar-refractivity contribution < 1.29 is 0 Å². The maximum absolute atomic E-state index is 5.39. The zero-order valence-electron chi connectivity index (χ0n) is 9.53. The van der Waals surface area contributed by atoms with Crippen LogP contribution in [-0.2, 0) is 6.42 Å². The highest BCUT2D eigenvalue weighted by atomic mass is 15.1. The first kappa shape index (κ1) is 11.9. The topological polar surface area (TPSA) is 63.8 Å². The van der Waals surface area contributed by atoms with E-state index in [4.69, 9.17) is 5.73 Å². The van der Waals surface area contributed by atoms with Crippen LogP contribution in [0.15, 0.2) is 12.4 Å². The average molecular weight is 208 g/mol. The fraction of sp³-hybridized carbons (Fsp3) is 0.636. The van der Waals surface area contributed by atoms with Gasteiger partial charge in [-0.25, -0.2) is 9.97 Å². The van der Waals surface area contributed by atoms with Gasteiger partial charge >= 0.3 is 0 Å². The van der Waals surface area contributed by atoms with Crippen LogP contribution in [0.3, 0.4) is 0 Å². The Morgan fingerprint density at radius 3 is 2.53 bits per heavy atom. The van der Waals surface area contributed by atoms with Gasteiger partial charge < -0.3 is 11.1 Å². The highest BCUT2D eigenvalue weighted by molar-refractivity contribution is 5.24. The smallest absolute Gasteiger partial charge is 0.222 e. The van der Waals surface area contributed by atoms with Gasteiger partial charge in [-0.3, -0.25) is 0 Å². The Labute approximate surface area is 91.3 Å². The van der Waals surface area contributed by atoms with Crippen LogP contribution in [0.5, 0.6) is 0 Å². The van der Waals surface area contributed by atoms with Crippen molar-refractivity contribution in [2.45, 2.75) is 26.7 Å². The number of nitrogens with one attached hydrogen (secondary N) is 1. The molecule has 0 saturated carbocycles. The summed E-state index contributed by atoms with van der Waals surface area (Å²) in [4.78, 5) is 8.48. The number of nitrogens with zero attached hydrogens (tertiary/aromatic N) is 2. The van der Waals surface area contributed by atoms with Crippen molar-refractivity contribution in [2.24, 2.45) is 11.7 Å². The van der Waals surface area contributed by atoms with E-state index in [9.17, 15) is 0 Å². The van der Waals surface area contributed by atoms with Crippen molar-refractivity contribution in [3.05, 3.63) is 18.0 Å². The second-order valence-corrected chi connectivity index (χ2v) is 4.08. The van der Waals surface area contributed by atoms with E-state index < -0.39 is 0 Å². The summed E-state index contributed by atoms with van der Waals surface area (Å²) in [5.41, 5.74) is 6.58. The molecule has 0 fully saturated rings. The number of hydrogen-bond donors (Lipinski definition) is 2. The van der Waals surface area contributed by atoms with Crippen LogP contribution in [-0.4, -0.2) is 23.1 Å². The minimum atomic E-state index is 0.643. The monoisotopic (exact) mass is 208 g/mol. The van der Waals surface area contributed by atoms with Gasteiger partial charge in [-0.1, -0.05) is 13.8 Å². The molecule has 4 nitrogen and oxygen atoms in total. The molecule has 1 aromatic rings. The summed E-state index contributed by atoms with van der Waals surface area (Å²) in [6.07, 6.45) is 5.75. The van der Waals surface area contributed by atoms with Crippen molar-refractivity contribution >= 4 is 5.95 Å². The van der Waals surface area contributed by atoms with E-state index in [1.165, 1.54) is 5.56 Å². The molecular weight excluding hydrogens is 188 g/mol. The first-order valence-corrected chi connectivity index (χ1v) is 5.47. The molecule has 1 aromatic heterocycles. The summed E-state index contributed by atoms with van der Waals surface area (Å²) in [7, 11) is 0. The normalized spacial score (nSPS) is 10.7. The molecule has 1 rings (SSSR count). The molecule has 0 unspecified atom stereocenters. The van der Waals surface area contributed by atoms with Gasteiger partial charge in [0.15, 0.2) is 0 Å². The number of nitrogens with two attached hydrogens (primary N) is 1. The van der Waals surface area contributed by atoms with E-state index in [2.05, 4.69) is 29.1 Å². The molecule has 0 saturated heterocycles. The van der Waals surface area contributed by atoms with Gasteiger partial charge in [0.05, 0.1) is 0 Å². The largest absolute Gasteiger partial charge is 0.354 e. The highest BCUT2D eigenvalue weighted by Crippen LogP contribution is 2.06. The van der Waals surface area contributed by atoms with Crippen LogP contribution in [0.4, 0.5) is 5.95 Å². The van der Waals surface area contributed by atoms with Gasteiger partial charge in [-0.05, 0) is 30.9 Å². The molecule has 0 aliphatic heterocycles. The van der Waals surface area contributed by atoms with Gasteiger partial charge in [-0.15, -0.1) is 0 Å². The van der Waals surface area contributed by atoms with Gasteiger partial charge in [0.2, 0.25) is 5.95 Å². The first-order chi connectivity index (χ1) is 7.22. The Bertz CT molecular complexity index is 268. The molecule has 0 atom stereocenters. The zero-order chi connectivity index (χ0) is 11.1. The van der Waals surface area contributed by atoms with E-state index in [-0.39, 0.29) is 0 Å². The van der Waals surface area contributed by atoms with Crippen molar-refractivity contribution in [1.29, 1.82) is 0 Å². The Morgan fingerprint density at radius 2 is 2.00 bits per heavy atom. The summed E-state index contributed by atoms with van der Waals surface area (Å²) in [6, 6.07) is 0.